The molecular weight excluding hydrogens is 418 g/mol. The van der Waals surface area contributed by atoms with E-state index < -0.39 is 5.97 Å². The number of thiazole rings is 1. The Balaban J connectivity index is 1.46. The standard InChI is InChI=1S/C22H21N3O5S/c1-4-7-23-22-24-17(11-31-22)21(27)28-10-18(26)16-8-13(2)25(14(16)3)15-5-6-19-20(9-15)30-12-29-19/h4-6,8-9,11H,1,7,10,12H2,2-3H3,(H,23,24). The lowest BCUT2D eigenvalue weighted by Gasteiger charge is -2.10. The zero-order chi connectivity index (χ0) is 22.0. The van der Waals surface area contributed by atoms with E-state index in [0.29, 0.717) is 28.7 Å². The second-order valence-corrected chi connectivity index (χ2v) is 7.72. The number of benzene rings is 1. The fourth-order valence-electron chi connectivity index (χ4n) is 3.36. The van der Waals surface area contributed by atoms with Crippen molar-refractivity contribution in [3.8, 4) is 17.2 Å². The number of anilines is 1. The van der Waals surface area contributed by atoms with Gasteiger partial charge in [-0.05, 0) is 32.0 Å². The van der Waals surface area contributed by atoms with Crippen molar-refractivity contribution in [3.63, 3.8) is 0 Å². The van der Waals surface area contributed by atoms with Gasteiger partial charge in [0.25, 0.3) is 0 Å². The molecule has 0 fully saturated rings. The Kier molecular flexibility index (Phi) is 5.77. The number of hydrogen-bond donors (Lipinski definition) is 1. The summed E-state index contributed by atoms with van der Waals surface area (Å²) in [5, 5.41) is 5.18. The number of rotatable bonds is 8. The quantitative estimate of drug-likeness (QED) is 0.323. The first-order valence-corrected chi connectivity index (χ1v) is 10.5. The molecule has 9 heteroatoms. The van der Waals surface area contributed by atoms with E-state index in [0.717, 1.165) is 17.1 Å². The molecule has 0 aliphatic carbocycles. The maximum atomic E-state index is 12.8. The molecule has 160 valence electrons. The summed E-state index contributed by atoms with van der Waals surface area (Å²) >= 11 is 1.28. The number of aromatic nitrogens is 2. The van der Waals surface area contributed by atoms with Crippen molar-refractivity contribution in [1.29, 1.82) is 0 Å². The van der Waals surface area contributed by atoms with Gasteiger partial charge < -0.3 is 24.1 Å². The largest absolute Gasteiger partial charge is 0.454 e. The van der Waals surface area contributed by atoms with E-state index in [9.17, 15) is 9.59 Å². The molecule has 1 aliphatic heterocycles. The Morgan fingerprint density at radius 1 is 1.29 bits per heavy atom. The minimum atomic E-state index is -0.638. The van der Waals surface area contributed by atoms with E-state index in [-0.39, 0.29) is 24.9 Å². The van der Waals surface area contributed by atoms with Gasteiger partial charge in [-0.2, -0.15) is 0 Å². The number of Topliss-reactive ketones (excluding diaryl/α,β-unsaturated/α-hetero) is 1. The first-order valence-electron chi connectivity index (χ1n) is 9.57. The van der Waals surface area contributed by atoms with E-state index >= 15 is 0 Å². The number of hydrogen-bond acceptors (Lipinski definition) is 8. The zero-order valence-corrected chi connectivity index (χ0v) is 18.0. The lowest BCUT2D eigenvalue weighted by atomic mass is 10.1. The molecule has 0 saturated heterocycles. The third-order valence-corrected chi connectivity index (χ3v) is 5.59. The van der Waals surface area contributed by atoms with Gasteiger partial charge >= 0.3 is 5.97 Å². The normalized spacial score (nSPS) is 11.9. The van der Waals surface area contributed by atoms with Crippen LogP contribution in [-0.2, 0) is 4.74 Å². The number of ketones is 1. The van der Waals surface area contributed by atoms with Crippen LogP contribution in [0.25, 0.3) is 5.69 Å². The zero-order valence-electron chi connectivity index (χ0n) is 17.1. The van der Waals surface area contributed by atoms with E-state index in [1.807, 2.05) is 36.6 Å². The number of fused-ring (bicyclic) bond motifs is 1. The van der Waals surface area contributed by atoms with Gasteiger partial charge in [0, 0.05) is 40.6 Å². The Labute approximate surface area is 183 Å². The molecule has 3 heterocycles. The fourth-order valence-corrected chi connectivity index (χ4v) is 4.05. The lowest BCUT2D eigenvalue weighted by molar-refractivity contribution is 0.0469. The van der Waals surface area contributed by atoms with Gasteiger partial charge in [-0.25, -0.2) is 9.78 Å². The minimum absolute atomic E-state index is 0.162. The molecule has 0 spiro atoms. The van der Waals surface area contributed by atoms with Gasteiger partial charge in [0.1, 0.15) is 0 Å². The van der Waals surface area contributed by atoms with Gasteiger partial charge in [-0.15, -0.1) is 17.9 Å². The van der Waals surface area contributed by atoms with E-state index in [4.69, 9.17) is 14.2 Å². The summed E-state index contributed by atoms with van der Waals surface area (Å²) < 4.78 is 18.0. The van der Waals surface area contributed by atoms with Crippen molar-refractivity contribution in [3.05, 3.63) is 64.9 Å². The summed E-state index contributed by atoms with van der Waals surface area (Å²) in [7, 11) is 0. The van der Waals surface area contributed by atoms with Crippen LogP contribution in [0.3, 0.4) is 0 Å². The van der Waals surface area contributed by atoms with Crippen LogP contribution < -0.4 is 14.8 Å². The predicted octanol–water partition coefficient (Wildman–Crippen LogP) is 3.92. The second kappa shape index (κ2) is 8.65. The third kappa shape index (κ3) is 4.17. The molecule has 31 heavy (non-hydrogen) atoms. The summed E-state index contributed by atoms with van der Waals surface area (Å²) in [6.45, 7) is 7.75. The number of nitrogens with one attached hydrogen (secondary N) is 1. The Morgan fingerprint density at radius 2 is 2.10 bits per heavy atom. The molecule has 2 aromatic heterocycles. The molecule has 1 N–H and O–H groups in total. The van der Waals surface area contributed by atoms with Crippen LogP contribution in [0.15, 0.2) is 42.3 Å². The molecule has 3 aromatic rings. The molecule has 1 aromatic carbocycles. The maximum absolute atomic E-state index is 12.8. The molecule has 0 radical (unpaired) electrons. The van der Waals surface area contributed by atoms with Crippen molar-refractivity contribution in [1.82, 2.24) is 9.55 Å². The van der Waals surface area contributed by atoms with E-state index in [2.05, 4.69) is 16.9 Å². The maximum Gasteiger partial charge on any atom is 0.358 e. The highest BCUT2D eigenvalue weighted by atomic mass is 32.1. The van der Waals surface area contributed by atoms with Gasteiger partial charge in [-0.3, -0.25) is 4.79 Å². The minimum Gasteiger partial charge on any atom is -0.454 e. The lowest BCUT2D eigenvalue weighted by Crippen LogP contribution is -2.15. The molecule has 8 nitrogen and oxygen atoms in total. The van der Waals surface area contributed by atoms with Gasteiger partial charge in [0.2, 0.25) is 12.6 Å². The van der Waals surface area contributed by atoms with Crippen molar-refractivity contribution in [2.45, 2.75) is 13.8 Å². The number of aryl methyl sites for hydroxylation is 1. The predicted molar refractivity (Wildman–Crippen MR) is 117 cm³/mol. The van der Waals surface area contributed by atoms with E-state index in [1.54, 1.807) is 17.5 Å². The Bertz CT molecular complexity index is 1160. The number of ether oxygens (including phenoxy) is 3. The number of nitrogens with zero attached hydrogens (tertiary/aromatic N) is 2. The molecule has 0 bridgehead atoms. The highest BCUT2D eigenvalue weighted by Gasteiger charge is 2.21. The summed E-state index contributed by atoms with van der Waals surface area (Å²) in [6, 6.07) is 7.40. The van der Waals surface area contributed by atoms with Crippen molar-refractivity contribution < 1.29 is 23.8 Å². The average Bonchev–Trinajstić information content (AvgIpc) is 3.48. The van der Waals surface area contributed by atoms with Crippen LogP contribution in [0.4, 0.5) is 5.13 Å². The molecule has 4 rings (SSSR count). The number of carbonyl (C=O) groups excluding carboxylic acids is 2. The van der Waals surface area contributed by atoms with Gasteiger partial charge in [0.15, 0.2) is 28.9 Å². The summed E-state index contributed by atoms with van der Waals surface area (Å²) in [6.07, 6.45) is 1.69. The fraction of sp³-hybridized carbons (Fsp3) is 0.227. The van der Waals surface area contributed by atoms with Crippen LogP contribution in [0.2, 0.25) is 0 Å². The molecule has 0 atom stereocenters. The SMILES string of the molecule is C=CCNc1nc(C(=O)OCC(=O)c2cc(C)n(-c3ccc4c(c3)OCO4)c2C)cs1. The van der Waals surface area contributed by atoms with Crippen molar-refractivity contribution >= 4 is 28.2 Å². The van der Waals surface area contributed by atoms with Crippen LogP contribution in [-0.4, -0.2) is 41.2 Å². The highest BCUT2D eigenvalue weighted by Crippen LogP contribution is 2.35. The monoisotopic (exact) mass is 439 g/mol. The average molecular weight is 439 g/mol. The van der Waals surface area contributed by atoms with Gasteiger partial charge in [0.05, 0.1) is 0 Å². The smallest absolute Gasteiger partial charge is 0.358 e. The molecule has 0 amide bonds. The van der Waals surface area contributed by atoms with Crippen LogP contribution in [0.1, 0.15) is 32.2 Å². The molecule has 0 unspecified atom stereocenters. The summed E-state index contributed by atoms with van der Waals surface area (Å²) in [5.74, 6) is 0.436. The van der Waals surface area contributed by atoms with Crippen LogP contribution in [0.5, 0.6) is 11.5 Å². The number of carbonyl (C=O) groups is 2. The van der Waals surface area contributed by atoms with Crippen molar-refractivity contribution in [2.24, 2.45) is 0 Å². The second-order valence-electron chi connectivity index (χ2n) is 6.86. The molecule has 1 aliphatic rings. The van der Waals surface area contributed by atoms with Crippen LogP contribution >= 0.6 is 11.3 Å². The van der Waals surface area contributed by atoms with Crippen LogP contribution in [0, 0.1) is 13.8 Å². The highest BCUT2D eigenvalue weighted by molar-refractivity contribution is 7.13. The molecule has 0 saturated carbocycles. The van der Waals surface area contributed by atoms with Crippen molar-refractivity contribution in [2.75, 3.05) is 25.3 Å². The summed E-state index contributed by atoms with van der Waals surface area (Å²) in [4.78, 5) is 29.2. The summed E-state index contributed by atoms with van der Waals surface area (Å²) in [5.41, 5.74) is 3.15. The Morgan fingerprint density at radius 3 is 2.90 bits per heavy atom. The molecular formula is C22H21N3O5S. The first-order chi connectivity index (χ1) is 15.0. The van der Waals surface area contributed by atoms with Gasteiger partial charge in [-0.1, -0.05) is 6.08 Å². The first kappa shape index (κ1) is 20.7. The number of esters is 1. The Hall–Kier alpha value is -3.59. The third-order valence-electron chi connectivity index (χ3n) is 4.79. The topological polar surface area (TPSA) is 91.7 Å². The van der Waals surface area contributed by atoms with E-state index in [1.165, 1.54) is 11.3 Å².